The van der Waals surface area contributed by atoms with Crippen molar-refractivity contribution in [3.63, 3.8) is 0 Å². The number of benzene rings is 2. The SMILES string of the molecule is Cl.O=C1c2ccccc2C(=O)c2c(O)c3c(c(O)c21)CCCC3. The number of fused-ring (bicyclic) bond motifs is 3. The summed E-state index contributed by atoms with van der Waals surface area (Å²) >= 11 is 0. The van der Waals surface area contributed by atoms with Crippen molar-refractivity contribution in [2.24, 2.45) is 0 Å². The van der Waals surface area contributed by atoms with Crippen LogP contribution in [0.2, 0.25) is 0 Å². The predicted octanol–water partition coefficient (Wildman–Crippen LogP) is 3.17. The maximum atomic E-state index is 12.7. The molecule has 4 nitrogen and oxygen atoms in total. The Bertz CT molecular complexity index is 785. The van der Waals surface area contributed by atoms with Gasteiger partial charge in [-0.05, 0) is 25.7 Å². The molecule has 0 atom stereocenters. The van der Waals surface area contributed by atoms with Crippen molar-refractivity contribution in [2.75, 3.05) is 0 Å². The quantitative estimate of drug-likeness (QED) is 0.621. The lowest BCUT2D eigenvalue weighted by molar-refractivity contribution is 0.0973. The molecule has 118 valence electrons. The third-order valence-corrected chi connectivity index (χ3v) is 4.63. The molecule has 0 aliphatic heterocycles. The number of phenolic OH excluding ortho intramolecular Hbond substituents is 2. The fraction of sp³-hybridized carbons (Fsp3) is 0.222. The maximum absolute atomic E-state index is 12.7. The van der Waals surface area contributed by atoms with Gasteiger partial charge in [0.2, 0.25) is 0 Å². The lowest BCUT2D eigenvalue weighted by Gasteiger charge is -2.26. The van der Waals surface area contributed by atoms with E-state index in [2.05, 4.69) is 0 Å². The number of halogens is 1. The maximum Gasteiger partial charge on any atom is 0.198 e. The summed E-state index contributed by atoms with van der Waals surface area (Å²) in [6.45, 7) is 0. The van der Waals surface area contributed by atoms with E-state index < -0.39 is 11.6 Å². The number of phenols is 2. The van der Waals surface area contributed by atoms with E-state index in [1.165, 1.54) is 0 Å². The van der Waals surface area contributed by atoms with Gasteiger partial charge >= 0.3 is 0 Å². The van der Waals surface area contributed by atoms with Gasteiger partial charge in [0, 0.05) is 22.3 Å². The van der Waals surface area contributed by atoms with Gasteiger partial charge in [0.15, 0.2) is 11.6 Å². The molecule has 0 radical (unpaired) electrons. The van der Waals surface area contributed by atoms with Crippen LogP contribution in [0.15, 0.2) is 24.3 Å². The van der Waals surface area contributed by atoms with Crippen LogP contribution in [0.25, 0.3) is 0 Å². The molecule has 2 aliphatic carbocycles. The van der Waals surface area contributed by atoms with Crippen molar-refractivity contribution in [2.45, 2.75) is 25.7 Å². The van der Waals surface area contributed by atoms with Crippen molar-refractivity contribution < 1.29 is 19.8 Å². The van der Waals surface area contributed by atoms with E-state index in [0.717, 1.165) is 12.8 Å². The Morgan fingerprint density at radius 2 is 1.13 bits per heavy atom. The van der Waals surface area contributed by atoms with Crippen LogP contribution >= 0.6 is 12.4 Å². The molecule has 0 saturated heterocycles. The summed E-state index contributed by atoms with van der Waals surface area (Å²) in [5.74, 6) is -1.05. The second kappa shape index (κ2) is 5.39. The molecule has 2 aromatic rings. The molecule has 23 heavy (non-hydrogen) atoms. The van der Waals surface area contributed by atoms with E-state index in [1.54, 1.807) is 24.3 Å². The summed E-state index contributed by atoms with van der Waals surface area (Å²) < 4.78 is 0. The molecule has 5 heteroatoms. The Labute approximate surface area is 139 Å². The lowest BCUT2D eigenvalue weighted by atomic mass is 9.78. The first kappa shape index (κ1) is 15.6. The molecule has 2 aromatic carbocycles. The molecule has 0 fully saturated rings. The molecule has 0 aromatic heterocycles. The summed E-state index contributed by atoms with van der Waals surface area (Å²) in [4.78, 5) is 25.4. The highest BCUT2D eigenvalue weighted by atomic mass is 35.5. The molecule has 4 rings (SSSR count). The molecule has 2 aliphatic rings. The summed E-state index contributed by atoms with van der Waals surface area (Å²) in [5.41, 5.74) is 1.71. The topological polar surface area (TPSA) is 74.6 Å². The van der Waals surface area contributed by atoms with Crippen molar-refractivity contribution in [1.29, 1.82) is 0 Å². The minimum Gasteiger partial charge on any atom is -0.507 e. The Morgan fingerprint density at radius 1 is 0.739 bits per heavy atom. The highest BCUT2D eigenvalue weighted by Gasteiger charge is 2.37. The van der Waals surface area contributed by atoms with E-state index in [-0.39, 0.29) is 46.2 Å². The van der Waals surface area contributed by atoms with Crippen molar-refractivity contribution in [3.8, 4) is 11.5 Å². The van der Waals surface area contributed by atoms with Crippen molar-refractivity contribution in [1.82, 2.24) is 0 Å². The van der Waals surface area contributed by atoms with E-state index in [9.17, 15) is 19.8 Å². The fourth-order valence-corrected chi connectivity index (χ4v) is 3.56. The first-order valence-electron chi connectivity index (χ1n) is 7.39. The fourth-order valence-electron chi connectivity index (χ4n) is 3.56. The largest absolute Gasteiger partial charge is 0.507 e. The number of hydrogen-bond acceptors (Lipinski definition) is 4. The summed E-state index contributed by atoms with van der Waals surface area (Å²) in [7, 11) is 0. The molecule has 0 amide bonds. The van der Waals surface area contributed by atoms with Crippen LogP contribution in [-0.4, -0.2) is 21.8 Å². The number of ketones is 2. The van der Waals surface area contributed by atoms with Gasteiger partial charge in [0.05, 0.1) is 11.1 Å². The number of carbonyl (C=O) groups excluding carboxylic acids is 2. The lowest BCUT2D eigenvalue weighted by Crippen LogP contribution is -2.23. The average Bonchev–Trinajstić information content (AvgIpc) is 2.56. The molecule has 0 saturated carbocycles. The first-order chi connectivity index (χ1) is 10.6. The third-order valence-electron chi connectivity index (χ3n) is 4.63. The smallest absolute Gasteiger partial charge is 0.198 e. The van der Waals surface area contributed by atoms with Gasteiger partial charge in [0.1, 0.15) is 11.5 Å². The second-order valence-electron chi connectivity index (χ2n) is 5.82. The summed E-state index contributed by atoms with van der Waals surface area (Å²) in [6.07, 6.45) is 3.03. The molecular weight excluding hydrogens is 316 g/mol. The first-order valence-corrected chi connectivity index (χ1v) is 7.39. The monoisotopic (exact) mass is 330 g/mol. The average molecular weight is 331 g/mol. The van der Waals surface area contributed by atoms with Crippen molar-refractivity contribution in [3.05, 3.63) is 57.6 Å². The van der Waals surface area contributed by atoms with Crippen LogP contribution in [0.3, 0.4) is 0 Å². The van der Waals surface area contributed by atoms with Crippen molar-refractivity contribution >= 4 is 24.0 Å². The Kier molecular flexibility index (Phi) is 3.65. The van der Waals surface area contributed by atoms with Gasteiger partial charge in [-0.2, -0.15) is 0 Å². The second-order valence-corrected chi connectivity index (χ2v) is 5.82. The molecular formula is C18H15ClO4. The normalized spacial score (nSPS) is 15.3. The number of carbonyl (C=O) groups is 2. The van der Waals surface area contributed by atoms with Gasteiger partial charge in [-0.15, -0.1) is 12.4 Å². The van der Waals surface area contributed by atoms with Crippen LogP contribution in [-0.2, 0) is 12.8 Å². The van der Waals surface area contributed by atoms with Crippen LogP contribution < -0.4 is 0 Å². The van der Waals surface area contributed by atoms with Crippen LogP contribution in [0.1, 0.15) is 55.8 Å². The molecule has 0 heterocycles. The zero-order valence-electron chi connectivity index (χ0n) is 12.3. The number of aromatic hydroxyl groups is 2. The highest BCUT2D eigenvalue weighted by Crippen LogP contribution is 2.45. The van der Waals surface area contributed by atoms with E-state index >= 15 is 0 Å². The van der Waals surface area contributed by atoms with Gasteiger partial charge in [0.25, 0.3) is 0 Å². The van der Waals surface area contributed by atoms with Crippen LogP contribution in [0.5, 0.6) is 11.5 Å². The van der Waals surface area contributed by atoms with E-state index in [0.29, 0.717) is 24.0 Å². The van der Waals surface area contributed by atoms with E-state index in [4.69, 9.17) is 0 Å². The molecule has 2 N–H and O–H groups in total. The van der Waals surface area contributed by atoms with E-state index in [1.807, 2.05) is 0 Å². The van der Waals surface area contributed by atoms with Crippen LogP contribution in [0.4, 0.5) is 0 Å². The molecule has 0 spiro atoms. The molecule has 0 unspecified atom stereocenters. The van der Waals surface area contributed by atoms with Gasteiger partial charge < -0.3 is 10.2 Å². The van der Waals surface area contributed by atoms with Gasteiger partial charge in [-0.25, -0.2) is 0 Å². The summed E-state index contributed by atoms with van der Waals surface area (Å²) in [6, 6.07) is 6.53. The Balaban J connectivity index is 0.00000156. The number of hydrogen-bond donors (Lipinski definition) is 2. The van der Waals surface area contributed by atoms with Gasteiger partial charge in [-0.3, -0.25) is 9.59 Å². The minimum atomic E-state index is -0.397. The zero-order chi connectivity index (χ0) is 15.4. The van der Waals surface area contributed by atoms with Gasteiger partial charge in [-0.1, -0.05) is 24.3 Å². The summed E-state index contributed by atoms with van der Waals surface area (Å²) in [5, 5.41) is 21.1. The highest BCUT2D eigenvalue weighted by molar-refractivity contribution is 6.30. The third kappa shape index (κ3) is 1.98. The Morgan fingerprint density at radius 3 is 1.52 bits per heavy atom. The zero-order valence-corrected chi connectivity index (χ0v) is 13.1. The standard InChI is InChI=1S/C18H14O4.ClH/c19-15-9-5-1-2-6-10(9)16(20)14-13(15)17(21)11-7-3-4-8-12(11)18(14)22;/h1-2,5-6,21-22H,3-4,7-8H2;1H. The van der Waals surface area contributed by atoms with Crippen LogP contribution in [0, 0.1) is 0 Å². The predicted molar refractivity (Wildman–Crippen MR) is 87.0 cm³/mol. The minimum absolute atomic E-state index is 0. The molecule has 0 bridgehead atoms. The Hall–Kier alpha value is -2.33. The number of rotatable bonds is 0.